The molecule has 0 bridgehead atoms. The van der Waals surface area contributed by atoms with Crippen LogP contribution in [0.2, 0.25) is 5.02 Å². The first kappa shape index (κ1) is 9.73. The highest BCUT2D eigenvalue weighted by Gasteiger charge is 1.99. The van der Waals surface area contributed by atoms with Gasteiger partial charge in [-0.3, -0.25) is 4.98 Å². The lowest BCUT2D eigenvalue weighted by Gasteiger charge is -2.05. The quantitative estimate of drug-likeness (QED) is 0.847. The van der Waals surface area contributed by atoms with Gasteiger partial charge < -0.3 is 10.5 Å². The van der Waals surface area contributed by atoms with E-state index in [-0.39, 0.29) is 0 Å². The molecule has 0 aliphatic heterocycles. The second-order valence-corrected chi connectivity index (χ2v) is 3.29. The fraction of sp³-hybridized carbons (Fsp3) is 0. The summed E-state index contributed by atoms with van der Waals surface area (Å²) in [6.07, 6.45) is 4.68. The maximum atomic E-state index is 5.76. The van der Waals surface area contributed by atoms with Crippen molar-refractivity contribution in [3.63, 3.8) is 0 Å². The van der Waals surface area contributed by atoms with Gasteiger partial charge in [-0.1, -0.05) is 11.6 Å². The van der Waals surface area contributed by atoms with Gasteiger partial charge in [-0.05, 0) is 6.07 Å². The molecule has 76 valence electrons. The summed E-state index contributed by atoms with van der Waals surface area (Å²) < 4.78 is 5.47. The molecule has 5 heteroatoms. The Morgan fingerprint density at radius 2 is 2.07 bits per heavy atom. The summed E-state index contributed by atoms with van der Waals surface area (Å²) in [6, 6.07) is 5.00. The zero-order valence-electron chi connectivity index (χ0n) is 7.72. The Balaban J connectivity index is 2.22. The van der Waals surface area contributed by atoms with Crippen molar-refractivity contribution in [3.05, 3.63) is 41.8 Å². The van der Waals surface area contributed by atoms with Gasteiger partial charge in [0.05, 0.1) is 11.2 Å². The highest BCUT2D eigenvalue weighted by Crippen LogP contribution is 2.23. The number of pyridine rings is 2. The van der Waals surface area contributed by atoms with E-state index in [9.17, 15) is 0 Å². The Hall–Kier alpha value is -1.81. The maximum absolute atomic E-state index is 5.76. The van der Waals surface area contributed by atoms with Crippen molar-refractivity contribution in [2.45, 2.75) is 0 Å². The number of halogens is 1. The Kier molecular flexibility index (Phi) is 2.69. The third-order valence-electron chi connectivity index (χ3n) is 1.67. The first-order chi connectivity index (χ1) is 7.24. The van der Waals surface area contributed by atoms with E-state index in [0.29, 0.717) is 22.3 Å². The Morgan fingerprint density at radius 3 is 2.80 bits per heavy atom. The summed E-state index contributed by atoms with van der Waals surface area (Å²) in [5.74, 6) is 1.57. The van der Waals surface area contributed by atoms with Crippen LogP contribution in [0.1, 0.15) is 0 Å². The van der Waals surface area contributed by atoms with Crippen molar-refractivity contribution in [1.29, 1.82) is 0 Å². The molecule has 0 amide bonds. The van der Waals surface area contributed by atoms with Gasteiger partial charge in [-0.15, -0.1) is 0 Å². The number of nitrogen functional groups attached to an aromatic ring is 1. The molecule has 0 atom stereocenters. The minimum absolute atomic E-state index is 0.405. The summed E-state index contributed by atoms with van der Waals surface area (Å²) >= 11 is 5.76. The number of hydrogen-bond acceptors (Lipinski definition) is 4. The van der Waals surface area contributed by atoms with Crippen LogP contribution in [0, 0.1) is 0 Å². The molecule has 2 aromatic heterocycles. The van der Waals surface area contributed by atoms with Crippen molar-refractivity contribution < 1.29 is 4.74 Å². The molecule has 0 fully saturated rings. The molecule has 0 radical (unpaired) electrons. The molecule has 0 aliphatic rings. The molecule has 4 nitrogen and oxygen atoms in total. The van der Waals surface area contributed by atoms with Gasteiger partial charge in [0, 0.05) is 24.5 Å². The molecule has 15 heavy (non-hydrogen) atoms. The molecule has 2 rings (SSSR count). The maximum Gasteiger partial charge on any atom is 0.147 e. The second kappa shape index (κ2) is 4.14. The van der Waals surface area contributed by atoms with Crippen molar-refractivity contribution in [3.8, 4) is 11.5 Å². The minimum atomic E-state index is 0.405. The van der Waals surface area contributed by atoms with E-state index in [1.807, 2.05) is 0 Å². The van der Waals surface area contributed by atoms with Gasteiger partial charge in [0.1, 0.15) is 17.3 Å². The zero-order chi connectivity index (χ0) is 10.7. The standard InChI is InChI=1S/C10H8ClN3O/c11-7-3-9(6-13-5-7)15-8-1-2-14-10(12)4-8/h1-6H,(H2,12,14). The molecule has 2 heterocycles. The minimum Gasteiger partial charge on any atom is -0.455 e. The van der Waals surface area contributed by atoms with Gasteiger partial charge in [-0.2, -0.15) is 0 Å². The van der Waals surface area contributed by atoms with Crippen LogP contribution in [0.25, 0.3) is 0 Å². The van der Waals surface area contributed by atoms with E-state index in [4.69, 9.17) is 22.1 Å². The van der Waals surface area contributed by atoms with Crippen molar-refractivity contribution in [2.75, 3.05) is 5.73 Å². The molecular formula is C10H8ClN3O. The smallest absolute Gasteiger partial charge is 0.147 e. The third-order valence-corrected chi connectivity index (χ3v) is 1.87. The average molecular weight is 222 g/mol. The van der Waals surface area contributed by atoms with Crippen LogP contribution in [-0.2, 0) is 0 Å². The normalized spacial score (nSPS) is 9.93. The fourth-order valence-electron chi connectivity index (χ4n) is 1.08. The Labute approximate surface area is 91.7 Å². The summed E-state index contributed by atoms with van der Waals surface area (Å²) in [4.78, 5) is 7.75. The fourth-order valence-corrected chi connectivity index (χ4v) is 1.24. The predicted molar refractivity (Wildman–Crippen MR) is 58.0 cm³/mol. The van der Waals surface area contributed by atoms with Crippen LogP contribution >= 0.6 is 11.6 Å². The Morgan fingerprint density at radius 1 is 1.20 bits per heavy atom. The van der Waals surface area contributed by atoms with Crippen LogP contribution in [0.4, 0.5) is 5.82 Å². The van der Waals surface area contributed by atoms with Gasteiger partial charge in [-0.25, -0.2) is 4.98 Å². The van der Waals surface area contributed by atoms with Crippen LogP contribution in [0.5, 0.6) is 11.5 Å². The molecule has 0 aliphatic carbocycles. The predicted octanol–water partition coefficient (Wildman–Crippen LogP) is 2.50. The highest BCUT2D eigenvalue weighted by atomic mass is 35.5. The van der Waals surface area contributed by atoms with Gasteiger partial charge >= 0.3 is 0 Å². The lowest BCUT2D eigenvalue weighted by atomic mass is 10.4. The number of nitrogens with two attached hydrogens (primary N) is 1. The van der Waals surface area contributed by atoms with E-state index in [1.165, 1.54) is 6.20 Å². The zero-order valence-corrected chi connectivity index (χ0v) is 8.48. The SMILES string of the molecule is Nc1cc(Oc2cncc(Cl)c2)ccn1. The van der Waals surface area contributed by atoms with E-state index in [0.717, 1.165) is 0 Å². The van der Waals surface area contributed by atoms with Crippen LogP contribution in [0.3, 0.4) is 0 Å². The monoisotopic (exact) mass is 221 g/mol. The third kappa shape index (κ3) is 2.57. The van der Waals surface area contributed by atoms with E-state index >= 15 is 0 Å². The van der Waals surface area contributed by atoms with Gasteiger partial charge in [0.15, 0.2) is 0 Å². The molecule has 0 spiro atoms. The lowest BCUT2D eigenvalue weighted by molar-refractivity contribution is 0.480. The summed E-state index contributed by atoms with van der Waals surface area (Å²) in [7, 11) is 0. The number of hydrogen-bond donors (Lipinski definition) is 1. The largest absolute Gasteiger partial charge is 0.455 e. The molecule has 2 N–H and O–H groups in total. The van der Waals surface area contributed by atoms with Crippen LogP contribution in [-0.4, -0.2) is 9.97 Å². The second-order valence-electron chi connectivity index (χ2n) is 2.86. The molecular weight excluding hydrogens is 214 g/mol. The highest BCUT2D eigenvalue weighted by molar-refractivity contribution is 6.30. The van der Waals surface area contributed by atoms with Gasteiger partial charge in [0.2, 0.25) is 0 Å². The molecule has 0 aromatic carbocycles. The molecule has 0 saturated heterocycles. The van der Waals surface area contributed by atoms with Crippen LogP contribution < -0.4 is 10.5 Å². The number of nitrogens with zero attached hydrogens (tertiary/aromatic N) is 2. The summed E-state index contributed by atoms with van der Waals surface area (Å²) in [6.45, 7) is 0. The topological polar surface area (TPSA) is 61.0 Å². The van der Waals surface area contributed by atoms with E-state index < -0.39 is 0 Å². The first-order valence-corrected chi connectivity index (χ1v) is 4.62. The number of anilines is 1. The van der Waals surface area contributed by atoms with E-state index in [1.54, 1.807) is 30.6 Å². The number of rotatable bonds is 2. The molecule has 0 unspecified atom stereocenters. The van der Waals surface area contributed by atoms with Crippen molar-refractivity contribution in [2.24, 2.45) is 0 Å². The van der Waals surface area contributed by atoms with Gasteiger partial charge in [0.25, 0.3) is 0 Å². The average Bonchev–Trinajstić information content (AvgIpc) is 2.17. The molecule has 2 aromatic rings. The van der Waals surface area contributed by atoms with Crippen molar-refractivity contribution >= 4 is 17.4 Å². The molecule has 0 saturated carbocycles. The first-order valence-electron chi connectivity index (χ1n) is 4.24. The van der Waals surface area contributed by atoms with E-state index in [2.05, 4.69) is 9.97 Å². The Bertz CT molecular complexity index is 432. The van der Waals surface area contributed by atoms with Crippen LogP contribution in [0.15, 0.2) is 36.8 Å². The summed E-state index contributed by atoms with van der Waals surface area (Å²) in [5.41, 5.74) is 5.51. The lowest BCUT2D eigenvalue weighted by Crippen LogP contribution is -1.91. The van der Waals surface area contributed by atoms with Crippen molar-refractivity contribution in [1.82, 2.24) is 9.97 Å². The number of ether oxygens (including phenoxy) is 1. The number of aromatic nitrogens is 2. The summed E-state index contributed by atoms with van der Waals surface area (Å²) in [5, 5.41) is 0.523.